The molecule has 298 valence electrons. The van der Waals surface area contributed by atoms with Crippen LogP contribution in [0.1, 0.15) is 0 Å². The molecule has 0 fully saturated rings. The summed E-state index contributed by atoms with van der Waals surface area (Å²) in [7, 11) is 0. The zero-order chi connectivity index (χ0) is 41.9. The summed E-state index contributed by atoms with van der Waals surface area (Å²) in [4.78, 5) is 9.29. The van der Waals surface area contributed by atoms with Crippen LogP contribution in [0.4, 0.5) is 0 Å². The monoisotopic (exact) mass is 818 g/mol. The summed E-state index contributed by atoms with van der Waals surface area (Å²) in [5.41, 5.74) is 16.5. The van der Waals surface area contributed by atoms with Gasteiger partial charge in [-0.2, -0.15) is 0 Å². The van der Waals surface area contributed by atoms with Crippen molar-refractivity contribution < 1.29 is 8.83 Å². The number of rotatable bonds is 5. The van der Waals surface area contributed by atoms with E-state index in [0.29, 0.717) is 0 Å². The molecule has 0 bridgehead atoms. The Morgan fingerprint density at radius 3 is 1.17 bits per heavy atom. The van der Waals surface area contributed by atoms with E-state index in [0.717, 1.165) is 121 Å². The van der Waals surface area contributed by atoms with Gasteiger partial charge in [-0.15, -0.1) is 0 Å². The second-order valence-electron chi connectivity index (χ2n) is 16.6. The van der Waals surface area contributed by atoms with Crippen molar-refractivity contribution in [2.75, 3.05) is 0 Å². The maximum Gasteiger partial charge on any atom is 0.135 e. The average Bonchev–Trinajstić information content (AvgIpc) is 4.11. The Labute approximate surface area is 365 Å². The topological polar surface area (TPSA) is 61.9 Å². The van der Waals surface area contributed by atoms with E-state index < -0.39 is 0 Å². The molecule has 6 aromatic heterocycles. The maximum absolute atomic E-state index is 6.29. The van der Waals surface area contributed by atoms with Crippen LogP contribution in [0.3, 0.4) is 0 Å². The first-order valence-corrected chi connectivity index (χ1v) is 21.5. The van der Waals surface area contributed by atoms with Crippen molar-refractivity contribution in [2.45, 2.75) is 0 Å². The van der Waals surface area contributed by atoms with Crippen LogP contribution in [-0.4, -0.2) is 19.1 Å². The fourth-order valence-corrected chi connectivity index (χ4v) is 10.2. The minimum Gasteiger partial charge on any atom is -0.456 e. The van der Waals surface area contributed by atoms with E-state index in [1.54, 1.807) is 0 Å². The highest BCUT2D eigenvalue weighted by Gasteiger charge is 2.19. The first kappa shape index (κ1) is 34.9. The predicted molar refractivity (Wildman–Crippen MR) is 262 cm³/mol. The number of benzene rings is 8. The highest BCUT2D eigenvalue weighted by molar-refractivity contribution is 6.11. The SMILES string of the molecule is c1ccc2c(c1)oc1ccc(-c3cc(-c4cc(-n5c6ccccc6c6ccncc65)cc(-n5c6ccccc6c6ccncc65)c4)cc(-c4ccc5oc6ccccc6c5c4)c3)cc12. The molecule has 14 aromatic rings. The Morgan fingerprint density at radius 1 is 0.281 bits per heavy atom. The molecule has 6 nitrogen and oxygen atoms in total. The molecule has 0 aliphatic heterocycles. The first-order chi connectivity index (χ1) is 31.7. The molecule has 0 atom stereocenters. The summed E-state index contributed by atoms with van der Waals surface area (Å²) in [5, 5.41) is 9.08. The van der Waals surface area contributed by atoms with Crippen LogP contribution in [0, 0.1) is 0 Å². The van der Waals surface area contributed by atoms with Gasteiger partial charge >= 0.3 is 0 Å². The van der Waals surface area contributed by atoms with Crippen LogP contribution in [0.15, 0.2) is 216 Å². The minimum absolute atomic E-state index is 0.872. The lowest BCUT2D eigenvalue weighted by molar-refractivity contribution is 0.668. The molecule has 0 radical (unpaired) electrons. The van der Waals surface area contributed by atoms with Gasteiger partial charge in [0.25, 0.3) is 0 Å². The molecule has 8 aromatic carbocycles. The molecule has 0 spiro atoms. The Kier molecular flexibility index (Phi) is 7.30. The summed E-state index contributed by atoms with van der Waals surface area (Å²) in [5.74, 6) is 0. The molecule has 0 aliphatic rings. The standard InChI is InChI=1S/C58H34N4O2/c1-5-13-51-43(9-1)45-21-23-59-33-53(45)61(51)41-28-40(29-42(32-41)62-52-14-6-2-10-44(52)46-22-24-60-34-54(46)62)39-26-37(35-17-19-57-49(30-35)47-11-3-7-15-55(47)63-57)25-38(27-39)36-18-20-58-50(31-36)48-12-4-8-16-56(48)64-58/h1-34H. The highest BCUT2D eigenvalue weighted by atomic mass is 16.3. The van der Waals surface area contributed by atoms with Crippen molar-refractivity contribution in [3.05, 3.63) is 207 Å². The van der Waals surface area contributed by atoms with Gasteiger partial charge in [0.1, 0.15) is 22.3 Å². The van der Waals surface area contributed by atoms with Crippen LogP contribution >= 0.6 is 0 Å². The largest absolute Gasteiger partial charge is 0.456 e. The number of pyridine rings is 2. The van der Waals surface area contributed by atoms with Gasteiger partial charge in [-0.1, -0.05) is 84.9 Å². The Bertz CT molecular complexity index is 3850. The first-order valence-electron chi connectivity index (χ1n) is 21.5. The lowest BCUT2D eigenvalue weighted by atomic mass is 9.92. The van der Waals surface area contributed by atoms with E-state index in [9.17, 15) is 0 Å². The van der Waals surface area contributed by atoms with Gasteiger partial charge in [0.15, 0.2) is 0 Å². The molecule has 0 saturated heterocycles. The number of fused-ring (bicyclic) bond motifs is 12. The van der Waals surface area contributed by atoms with Gasteiger partial charge in [-0.05, 0) is 130 Å². The molecule has 0 N–H and O–H groups in total. The lowest BCUT2D eigenvalue weighted by Crippen LogP contribution is -2.00. The molecule has 64 heavy (non-hydrogen) atoms. The molecule has 0 amide bonds. The summed E-state index contributed by atoms with van der Waals surface area (Å²) in [6, 6.07) is 65.1. The van der Waals surface area contributed by atoms with Crippen molar-refractivity contribution in [3.63, 3.8) is 0 Å². The molecule has 0 unspecified atom stereocenters. The van der Waals surface area contributed by atoms with Gasteiger partial charge in [-0.25, -0.2) is 0 Å². The van der Waals surface area contributed by atoms with E-state index in [1.807, 2.05) is 49.1 Å². The second-order valence-corrected chi connectivity index (χ2v) is 16.6. The number of furan rings is 2. The minimum atomic E-state index is 0.872. The van der Waals surface area contributed by atoms with E-state index in [4.69, 9.17) is 8.83 Å². The zero-order valence-electron chi connectivity index (χ0n) is 34.2. The van der Waals surface area contributed by atoms with Gasteiger partial charge in [-0.3, -0.25) is 9.97 Å². The number of hydrogen-bond acceptors (Lipinski definition) is 4. The van der Waals surface area contributed by atoms with Crippen molar-refractivity contribution in [1.29, 1.82) is 0 Å². The van der Waals surface area contributed by atoms with E-state index in [2.05, 4.69) is 177 Å². The molecule has 0 aliphatic carbocycles. The smallest absolute Gasteiger partial charge is 0.135 e. The number of para-hydroxylation sites is 4. The third kappa shape index (κ3) is 5.20. The summed E-state index contributed by atoms with van der Waals surface area (Å²) in [6.45, 7) is 0. The zero-order valence-corrected chi connectivity index (χ0v) is 34.2. The van der Waals surface area contributed by atoms with Crippen LogP contribution in [-0.2, 0) is 0 Å². The third-order valence-electron chi connectivity index (χ3n) is 13.1. The Morgan fingerprint density at radius 2 is 0.672 bits per heavy atom. The van der Waals surface area contributed by atoms with Crippen LogP contribution < -0.4 is 0 Å². The molecule has 14 rings (SSSR count). The quantitative estimate of drug-likeness (QED) is 0.174. The van der Waals surface area contributed by atoms with Gasteiger partial charge in [0, 0.05) is 66.9 Å². The molecule has 0 saturated carbocycles. The highest BCUT2D eigenvalue weighted by Crippen LogP contribution is 2.42. The van der Waals surface area contributed by atoms with Crippen LogP contribution in [0.2, 0.25) is 0 Å². The van der Waals surface area contributed by atoms with Crippen molar-refractivity contribution in [1.82, 2.24) is 19.1 Å². The van der Waals surface area contributed by atoms with Crippen LogP contribution in [0.25, 0.3) is 132 Å². The second kappa shape index (κ2) is 13.4. The Hall–Kier alpha value is -8.74. The van der Waals surface area contributed by atoms with Crippen molar-refractivity contribution in [3.8, 4) is 44.8 Å². The molecular formula is C58H34N4O2. The number of nitrogens with zero attached hydrogens (tertiary/aromatic N) is 4. The van der Waals surface area contributed by atoms with E-state index in [-0.39, 0.29) is 0 Å². The lowest BCUT2D eigenvalue weighted by Gasteiger charge is -2.17. The van der Waals surface area contributed by atoms with Crippen molar-refractivity contribution >= 4 is 87.5 Å². The maximum atomic E-state index is 6.29. The molecular weight excluding hydrogens is 785 g/mol. The normalized spacial score (nSPS) is 12.1. The van der Waals surface area contributed by atoms with Gasteiger partial charge < -0.3 is 18.0 Å². The third-order valence-corrected chi connectivity index (χ3v) is 13.1. The van der Waals surface area contributed by atoms with Crippen LogP contribution in [0.5, 0.6) is 0 Å². The predicted octanol–water partition coefficient (Wildman–Crippen LogP) is 15.5. The number of hydrogen-bond donors (Lipinski definition) is 0. The molecule has 6 heterocycles. The average molecular weight is 819 g/mol. The van der Waals surface area contributed by atoms with Crippen molar-refractivity contribution in [2.24, 2.45) is 0 Å². The Balaban J connectivity index is 1.07. The van der Waals surface area contributed by atoms with Gasteiger partial charge in [0.2, 0.25) is 0 Å². The van der Waals surface area contributed by atoms with E-state index >= 15 is 0 Å². The van der Waals surface area contributed by atoms with Gasteiger partial charge in [0.05, 0.1) is 34.5 Å². The molecule has 6 heteroatoms. The summed E-state index contributed by atoms with van der Waals surface area (Å²) in [6.07, 6.45) is 7.73. The number of aromatic nitrogens is 4. The van der Waals surface area contributed by atoms with E-state index in [1.165, 1.54) is 10.8 Å². The fourth-order valence-electron chi connectivity index (χ4n) is 10.2. The summed E-state index contributed by atoms with van der Waals surface area (Å²) >= 11 is 0. The fraction of sp³-hybridized carbons (Fsp3) is 0. The summed E-state index contributed by atoms with van der Waals surface area (Å²) < 4.78 is 17.3.